The van der Waals surface area contributed by atoms with E-state index in [1.165, 1.54) is 23.7 Å². The van der Waals surface area contributed by atoms with Crippen LogP contribution in [-0.2, 0) is 27.4 Å². The number of rotatable bonds is 9. The van der Waals surface area contributed by atoms with Gasteiger partial charge in [0, 0.05) is 56.5 Å². The number of carbonyl (C=O) groups is 4. The minimum Gasteiger partial charge on any atom is -0.460 e. The van der Waals surface area contributed by atoms with Gasteiger partial charge >= 0.3 is 5.97 Å². The minimum absolute atomic E-state index is 0.0210. The van der Waals surface area contributed by atoms with Crippen LogP contribution < -0.4 is 21.8 Å². The minimum atomic E-state index is -0.445. The molecule has 272 valence electrons. The predicted octanol–water partition coefficient (Wildman–Crippen LogP) is 3.98. The molecule has 12 heteroatoms. The Labute approximate surface area is 297 Å². The van der Waals surface area contributed by atoms with E-state index in [1.807, 2.05) is 58.9 Å². The van der Waals surface area contributed by atoms with Gasteiger partial charge in [0.1, 0.15) is 11.9 Å². The average Bonchev–Trinajstić information content (AvgIpc) is 3.08. The van der Waals surface area contributed by atoms with Gasteiger partial charge in [-0.3, -0.25) is 24.0 Å². The SMILES string of the molecule is CNC(=O)c1cc(=O)n(CC=O)c2cc(C)ccc12.CNC(=O)c1cc(=O)n(CCN2CCC(CC(=O)OC(C)(C)C)CC2)c2cc(C)ccc12. The van der Waals surface area contributed by atoms with Crippen molar-refractivity contribution >= 4 is 45.9 Å². The molecule has 51 heavy (non-hydrogen) atoms. The van der Waals surface area contributed by atoms with Crippen LogP contribution >= 0.6 is 0 Å². The van der Waals surface area contributed by atoms with Gasteiger partial charge in [0.05, 0.1) is 28.7 Å². The second-order valence-corrected chi connectivity index (χ2v) is 14.0. The maximum atomic E-state index is 12.9. The number of aldehydes is 1. The van der Waals surface area contributed by atoms with Gasteiger partial charge in [0.15, 0.2) is 0 Å². The monoisotopic (exact) mass is 699 g/mol. The number of pyridine rings is 2. The number of hydrogen-bond acceptors (Lipinski definition) is 8. The van der Waals surface area contributed by atoms with E-state index >= 15 is 0 Å². The third-order valence-electron chi connectivity index (χ3n) is 8.96. The fourth-order valence-corrected chi connectivity index (χ4v) is 6.39. The highest BCUT2D eigenvalue weighted by Crippen LogP contribution is 2.24. The number of aryl methyl sites for hydroxylation is 2. The molecule has 0 aliphatic carbocycles. The highest BCUT2D eigenvalue weighted by molar-refractivity contribution is 6.07. The van der Waals surface area contributed by atoms with Crippen molar-refractivity contribution in [2.24, 2.45) is 5.92 Å². The molecule has 1 aliphatic rings. The molecule has 2 N–H and O–H groups in total. The molecule has 3 heterocycles. The molecule has 0 radical (unpaired) electrons. The summed E-state index contributed by atoms with van der Waals surface area (Å²) in [6, 6.07) is 14.0. The van der Waals surface area contributed by atoms with Crippen molar-refractivity contribution in [2.75, 3.05) is 33.7 Å². The molecule has 12 nitrogen and oxygen atoms in total. The van der Waals surface area contributed by atoms with Gasteiger partial charge < -0.3 is 34.2 Å². The molecule has 1 fully saturated rings. The number of nitrogens with one attached hydrogen (secondary N) is 2. The van der Waals surface area contributed by atoms with Crippen molar-refractivity contribution in [3.05, 3.63) is 91.5 Å². The fourth-order valence-electron chi connectivity index (χ4n) is 6.39. The summed E-state index contributed by atoms with van der Waals surface area (Å²) in [7, 11) is 3.08. The highest BCUT2D eigenvalue weighted by atomic mass is 16.6. The Morgan fingerprint density at radius 1 is 0.784 bits per heavy atom. The predicted molar refractivity (Wildman–Crippen MR) is 198 cm³/mol. The van der Waals surface area contributed by atoms with Crippen molar-refractivity contribution in [3.8, 4) is 0 Å². The van der Waals surface area contributed by atoms with Gasteiger partial charge in [-0.1, -0.05) is 24.3 Å². The van der Waals surface area contributed by atoms with E-state index in [9.17, 15) is 28.8 Å². The van der Waals surface area contributed by atoms with Crippen LogP contribution in [0.5, 0.6) is 0 Å². The van der Waals surface area contributed by atoms with Crippen LogP contribution in [0.3, 0.4) is 0 Å². The van der Waals surface area contributed by atoms with Crippen molar-refractivity contribution in [3.63, 3.8) is 0 Å². The summed E-state index contributed by atoms with van der Waals surface area (Å²) >= 11 is 0. The number of piperidine rings is 1. The lowest BCUT2D eigenvalue weighted by Gasteiger charge is -2.32. The zero-order valence-electron chi connectivity index (χ0n) is 30.6. The number of fused-ring (bicyclic) bond motifs is 2. The van der Waals surface area contributed by atoms with Gasteiger partial charge in [-0.15, -0.1) is 0 Å². The van der Waals surface area contributed by atoms with E-state index in [4.69, 9.17) is 4.74 Å². The molecule has 4 aromatic rings. The van der Waals surface area contributed by atoms with Crippen LogP contribution in [0.2, 0.25) is 0 Å². The van der Waals surface area contributed by atoms with Gasteiger partial charge in [-0.05, 0) is 89.7 Å². The number of hydrogen-bond donors (Lipinski definition) is 2. The first kappa shape index (κ1) is 38.7. The number of carbonyl (C=O) groups excluding carboxylic acids is 4. The second kappa shape index (κ2) is 16.7. The molecular formula is C39H49N5O7. The first-order valence-electron chi connectivity index (χ1n) is 17.3. The summed E-state index contributed by atoms with van der Waals surface area (Å²) in [6.07, 6.45) is 3.03. The summed E-state index contributed by atoms with van der Waals surface area (Å²) < 4.78 is 8.58. The summed E-state index contributed by atoms with van der Waals surface area (Å²) in [6.45, 7) is 12.6. The van der Waals surface area contributed by atoms with Crippen LogP contribution in [0.15, 0.2) is 58.1 Å². The summed E-state index contributed by atoms with van der Waals surface area (Å²) in [5, 5.41) is 6.57. The van der Waals surface area contributed by atoms with Gasteiger partial charge in [-0.25, -0.2) is 0 Å². The van der Waals surface area contributed by atoms with Gasteiger partial charge in [0.2, 0.25) is 0 Å². The van der Waals surface area contributed by atoms with E-state index in [0.717, 1.165) is 54.5 Å². The topological polar surface area (TPSA) is 149 Å². The second-order valence-electron chi connectivity index (χ2n) is 14.0. The van der Waals surface area contributed by atoms with Gasteiger partial charge in [-0.2, -0.15) is 0 Å². The van der Waals surface area contributed by atoms with E-state index in [0.29, 0.717) is 47.2 Å². The molecule has 5 rings (SSSR count). The van der Waals surface area contributed by atoms with Crippen molar-refractivity contribution in [1.82, 2.24) is 24.7 Å². The molecular weight excluding hydrogens is 650 g/mol. The fraction of sp³-hybridized carbons (Fsp3) is 0.436. The molecule has 2 aromatic carbocycles. The molecule has 0 unspecified atom stereocenters. The van der Waals surface area contributed by atoms with Crippen LogP contribution in [0.4, 0.5) is 0 Å². The Morgan fingerprint density at radius 2 is 1.27 bits per heavy atom. The lowest BCUT2D eigenvalue weighted by molar-refractivity contribution is -0.156. The number of benzene rings is 2. The van der Waals surface area contributed by atoms with E-state index in [-0.39, 0.29) is 35.4 Å². The quantitative estimate of drug-likeness (QED) is 0.197. The highest BCUT2D eigenvalue weighted by Gasteiger charge is 2.25. The zero-order chi connectivity index (χ0) is 37.5. The van der Waals surface area contributed by atoms with Crippen LogP contribution in [-0.4, -0.2) is 77.4 Å². The number of aromatic nitrogens is 2. The van der Waals surface area contributed by atoms with E-state index in [2.05, 4.69) is 15.5 Å². The lowest BCUT2D eigenvalue weighted by Crippen LogP contribution is -2.38. The maximum absolute atomic E-state index is 12.9. The average molecular weight is 700 g/mol. The normalized spacial score (nSPS) is 13.7. The zero-order valence-corrected chi connectivity index (χ0v) is 30.6. The third kappa shape index (κ3) is 9.78. The Morgan fingerprint density at radius 3 is 1.75 bits per heavy atom. The van der Waals surface area contributed by atoms with Crippen molar-refractivity contribution in [1.29, 1.82) is 0 Å². The first-order chi connectivity index (χ1) is 24.1. The standard InChI is InChI=1S/C25H35N3O4.C14H14N2O3/c1-17-6-7-19-20(24(31)26-5)16-22(29)28(21(19)14-17)13-12-27-10-8-18(9-11-27)15-23(30)32-25(2,3)4;1-9-3-4-10-11(14(19)15-2)8-13(18)16(5-6-17)12(10)7-9/h6-7,14,16,18H,8-13,15H2,1-5H3,(H,26,31);3-4,6-8H,5H2,1-2H3,(H,15,19). The van der Waals surface area contributed by atoms with Crippen LogP contribution in [0.25, 0.3) is 21.8 Å². The molecule has 1 aliphatic heterocycles. The summed E-state index contributed by atoms with van der Waals surface area (Å²) in [5.74, 6) is -0.348. The third-order valence-corrected chi connectivity index (χ3v) is 8.96. The van der Waals surface area contributed by atoms with E-state index in [1.54, 1.807) is 23.7 Å². The number of amides is 2. The Kier molecular flexibility index (Phi) is 12.7. The maximum Gasteiger partial charge on any atom is 0.306 e. The Balaban J connectivity index is 0.000000261. The summed E-state index contributed by atoms with van der Waals surface area (Å²) in [4.78, 5) is 74.1. The van der Waals surface area contributed by atoms with Crippen molar-refractivity contribution < 1.29 is 23.9 Å². The smallest absolute Gasteiger partial charge is 0.306 e. The first-order valence-corrected chi connectivity index (χ1v) is 17.3. The molecule has 2 amide bonds. The molecule has 0 bridgehead atoms. The molecule has 2 aromatic heterocycles. The summed E-state index contributed by atoms with van der Waals surface area (Å²) in [5.41, 5.74) is 3.15. The number of likely N-dealkylation sites (tertiary alicyclic amines) is 1. The largest absolute Gasteiger partial charge is 0.460 e. The number of ether oxygens (including phenoxy) is 1. The Bertz CT molecular complexity index is 2050. The number of esters is 1. The van der Waals surface area contributed by atoms with Crippen LogP contribution in [0.1, 0.15) is 71.9 Å². The van der Waals surface area contributed by atoms with Crippen molar-refractivity contribution in [2.45, 2.75) is 72.6 Å². The molecule has 0 spiro atoms. The lowest BCUT2D eigenvalue weighted by atomic mass is 9.93. The van der Waals surface area contributed by atoms with Gasteiger partial charge in [0.25, 0.3) is 22.9 Å². The molecule has 0 saturated carbocycles. The van der Waals surface area contributed by atoms with E-state index < -0.39 is 5.60 Å². The molecule has 1 saturated heterocycles. The van der Waals surface area contributed by atoms with Crippen LogP contribution in [0, 0.1) is 19.8 Å². The molecule has 0 atom stereocenters. The number of nitrogens with zero attached hydrogens (tertiary/aromatic N) is 3. The Hall–Kier alpha value is -5.10.